The summed E-state index contributed by atoms with van der Waals surface area (Å²) >= 11 is 0. The van der Waals surface area contributed by atoms with Crippen molar-refractivity contribution in [2.24, 2.45) is 0 Å². The number of hydrogen-bond acceptors (Lipinski definition) is 2. The van der Waals surface area contributed by atoms with E-state index in [1.165, 1.54) is 54.5 Å². The standard InChI is InChI=1S/C62H37NO2/c1-3-18-39(19-4-1)57-52-37-51-45-24-14-16-30-55(45)64-61(51)59(62(52)65-60(57)42-32-31-38-17-7-8-20-40(38)35-42)58-48-27-11-9-25-46(48)56(47-26-10-12-28-49(47)58)41-33-34-54-50(36-41)44-23-13-15-29-53(44)63(54)43-21-5-2-6-22-43/h1-37H. The van der Waals surface area contributed by atoms with Crippen LogP contribution in [0.2, 0.25) is 0 Å². The highest BCUT2D eigenvalue weighted by molar-refractivity contribution is 6.29. The molecule has 0 aliphatic carbocycles. The molecule has 0 unspecified atom stereocenters. The van der Waals surface area contributed by atoms with Gasteiger partial charge in [0.25, 0.3) is 0 Å². The minimum absolute atomic E-state index is 0.803. The van der Waals surface area contributed by atoms with Gasteiger partial charge in [-0.2, -0.15) is 0 Å². The molecule has 0 N–H and O–H groups in total. The van der Waals surface area contributed by atoms with Crippen molar-refractivity contribution in [3.05, 3.63) is 224 Å². The average molecular weight is 828 g/mol. The van der Waals surface area contributed by atoms with Crippen molar-refractivity contribution < 1.29 is 8.83 Å². The van der Waals surface area contributed by atoms with Crippen LogP contribution in [0.4, 0.5) is 0 Å². The fraction of sp³-hybridized carbons (Fsp3) is 0. The van der Waals surface area contributed by atoms with Crippen LogP contribution >= 0.6 is 0 Å². The minimum atomic E-state index is 0.803. The molecule has 65 heavy (non-hydrogen) atoms. The molecule has 0 aliphatic rings. The van der Waals surface area contributed by atoms with E-state index in [4.69, 9.17) is 8.83 Å². The van der Waals surface area contributed by atoms with E-state index in [2.05, 4.69) is 229 Å². The van der Waals surface area contributed by atoms with E-state index in [1.54, 1.807) is 0 Å². The highest BCUT2D eigenvalue weighted by Gasteiger charge is 2.28. The summed E-state index contributed by atoms with van der Waals surface area (Å²) in [5.74, 6) is 0.836. The van der Waals surface area contributed by atoms with Crippen LogP contribution in [0.5, 0.6) is 0 Å². The Bertz CT molecular complexity index is 4170. The zero-order valence-electron chi connectivity index (χ0n) is 35.1. The molecule has 0 saturated heterocycles. The van der Waals surface area contributed by atoms with Crippen LogP contribution in [0.1, 0.15) is 0 Å². The predicted octanol–water partition coefficient (Wildman–Crippen LogP) is 17.6. The van der Waals surface area contributed by atoms with Gasteiger partial charge in [0, 0.05) is 49.3 Å². The van der Waals surface area contributed by atoms with Gasteiger partial charge in [-0.1, -0.05) is 176 Å². The van der Waals surface area contributed by atoms with Crippen molar-refractivity contribution >= 4 is 87.0 Å². The van der Waals surface area contributed by atoms with E-state index in [9.17, 15) is 0 Å². The van der Waals surface area contributed by atoms with Gasteiger partial charge in [0.2, 0.25) is 0 Å². The number of benzene rings is 11. The molecule has 0 saturated carbocycles. The van der Waals surface area contributed by atoms with E-state index in [0.717, 1.165) is 82.9 Å². The lowest BCUT2D eigenvalue weighted by atomic mass is 9.84. The molecule has 3 heteroatoms. The summed E-state index contributed by atoms with van der Waals surface area (Å²) in [5.41, 5.74) is 13.6. The molecule has 0 bridgehead atoms. The van der Waals surface area contributed by atoms with Crippen molar-refractivity contribution in [3.63, 3.8) is 0 Å². The molecule has 3 nitrogen and oxygen atoms in total. The summed E-state index contributed by atoms with van der Waals surface area (Å²) < 4.78 is 16.9. The molecule has 302 valence electrons. The van der Waals surface area contributed by atoms with E-state index in [-0.39, 0.29) is 0 Å². The smallest absolute Gasteiger partial charge is 0.147 e. The average Bonchev–Trinajstić information content (AvgIpc) is 4.05. The molecule has 14 aromatic rings. The van der Waals surface area contributed by atoms with Gasteiger partial charge in [-0.15, -0.1) is 0 Å². The highest BCUT2D eigenvalue weighted by atomic mass is 16.3. The van der Waals surface area contributed by atoms with E-state index < -0.39 is 0 Å². The maximum absolute atomic E-state index is 7.46. The Kier molecular flexibility index (Phi) is 7.69. The monoisotopic (exact) mass is 827 g/mol. The first-order chi connectivity index (χ1) is 32.3. The molecule has 0 amide bonds. The van der Waals surface area contributed by atoms with Crippen molar-refractivity contribution in [3.8, 4) is 50.4 Å². The largest absolute Gasteiger partial charge is 0.455 e. The summed E-state index contributed by atoms with van der Waals surface area (Å²) in [6.45, 7) is 0. The van der Waals surface area contributed by atoms with Crippen LogP contribution in [0.3, 0.4) is 0 Å². The van der Waals surface area contributed by atoms with E-state index >= 15 is 0 Å². The molecule has 0 aliphatic heterocycles. The number of hydrogen-bond donors (Lipinski definition) is 0. The van der Waals surface area contributed by atoms with Gasteiger partial charge in [-0.3, -0.25) is 0 Å². The Balaban J connectivity index is 1.11. The third-order valence-electron chi connectivity index (χ3n) is 13.6. The molecule has 0 fully saturated rings. The Morgan fingerprint density at radius 2 is 0.846 bits per heavy atom. The maximum atomic E-state index is 7.46. The third-order valence-corrected chi connectivity index (χ3v) is 13.6. The summed E-state index contributed by atoms with van der Waals surface area (Å²) in [7, 11) is 0. The van der Waals surface area contributed by atoms with Gasteiger partial charge >= 0.3 is 0 Å². The Morgan fingerprint density at radius 3 is 1.60 bits per heavy atom. The lowest BCUT2D eigenvalue weighted by Gasteiger charge is -2.18. The van der Waals surface area contributed by atoms with Gasteiger partial charge < -0.3 is 13.4 Å². The zero-order chi connectivity index (χ0) is 42.6. The normalized spacial score (nSPS) is 12.0. The Labute approximate surface area is 373 Å². The first kappa shape index (κ1) is 35.9. The summed E-state index contributed by atoms with van der Waals surface area (Å²) in [6, 6.07) is 80.8. The topological polar surface area (TPSA) is 31.2 Å². The predicted molar refractivity (Wildman–Crippen MR) is 272 cm³/mol. The van der Waals surface area contributed by atoms with E-state index in [1.807, 2.05) is 0 Å². The van der Waals surface area contributed by atoms with Gasteiger partial charge in [-0.25, -0.2) is 0 Å². The van der Waals surface area contributed by atoms with Crippen LogP contribution < -0.4 is 0 Å². The zero-order valence-corrected chi connectivity index (χ0v) is 35.1. The SMILES string of the molecule is c1ccc(-c2c(-c3ccc4ccccc4c3)oc3c(-c4c5ccccc5c(-c5ccc6c(c5)c5ccccc5n6-c5ccccc5)c5ccccc45)c4oc5ccccc5c4cc23)cc1. The second-order valence-electron chi connectivity index (χ2n) is 17.1. The summed E-state index contributed by atoms with van der Waals surface area (Å²) in [4.78, 5) is 0. The Morgan fingerprint density at radius 1 is 0.277 bits per heavy atom. The van der Waals surface area contributed by atoms with Crippen molar-refractivity contribution in [1.29, 1.82) is 0 Å². The lowest BCUT2D eigenvalue weighted by Crippen LogP contribution is -1.93. The van der Waals surface area contributed by atoms with Crippen LogP contribution in [-0.4, -0.2) is 4.57 Å². The van der Waals surface area contributed by atoms with Gasteiger partial charge in [-0.05, 0) is 97.5 Å². The van der Waals surface area contributed by atoms with Gasteiger partial charge in [0.1, 0.15) is 22.5 Å². The lowest BCUT2D eigenvalue weighted by molar-refractivity contribution is 0.630. The molecular formula is C62H37NO2. The molecule has 3 heterocycles. The summed E-state index contributed by atoms with van der Waals surface area (Å²) in [6.07, 6.45) is 0. The van der Waals surface area contributed by atoms with Crippen LogP contribution in [0, 0.1) is 0 Å². The van der Waals surface area contributed by atoms with Crippen molar-refractivity contribution in [2.45, 2.75) is 0 Å². The number of rotatable bonds is 5. The quantitative estimate of drug-likeness (QED) is 0.162. The Hall–Kier alpha value is -8.66. The van der Waals surface area contributed by atoms with Crippen molar-refractivity contribution in [2.75, 3.05) is 0 Å². The molecule has 3 aromatic heterocycles. The third kappa shape index (κ3) is 5.30. The van der Waals surface area contributed by atoms with Gasteiger partial charge in [0.05, 0.1) is 16.6 Å². The maximum Gasteiger partial charge on any atom is 0.147 e. The molecule has 0 spiro atoms. The summed E-state index contributed by atoms with van der Waals surface area (Å²) in [5, 5.41) is 12.6. The number of fused-ring (bicyclic) bond motifs is 10. The fourth-order valence-corrected chi connectivity index (χ4v) is 10.8. The fourth-order valence-electron chi connectivity index (χ4n) is 10.8. The number of aromatic nitrogens is 1. The van der Waals surface area contributed by atoms with Crippen LogP contribution in [0.15, 0.2) is 233 Å². The number of nitrogens with zero attached hydrogens (tertiary/aromatic N) is 1. The second kappa shape index (κ2) is 13.9. The number of furan rings is 2. The molecule has 14 rings (SSSR count). The highest BCUT2D eigenvalue weighted by Crippen LogP contribution is 2.53. The van der Waals surface area contributed by atoms with Crippen LogP contribution in [0.25, 0.3) is 137 Å². The first-order valence-corrected chi connectivity index (χ1v) is 22.2. The number of para-hydroxylation sites is 3. The van der Waals surface area contributed by atoms with E-state index in [0.29, 0.717) is 0 Å². The van der Waals surface area contributed by atoms with Crippen LogP contribution in [-0.2, 0) is 0 Å². The molecule has 11 aromatic carbocycles. The van der Waals surface area contributed by atoms with Gasteiger partial charge in [0.15, 0.2) is 0 Å². The minimum Gasteiger partial charge on any atom is -0.455 e. The molecule has 0 radical (unpaired) electrons. The second-order valence-corrected chi connectivity index (χ2v) is 17.1. The van der Waals surface area contributed by atoms with Crippen molar-refractivity contribution in [1.82, 2.24) is 4.57 Å². The first-order valence-electron chi connectivity index (χ1n) is 22.2. The molecular weight excluding hydrogens is 791 g/mol. The molecule has 0 atom stereocenters.